The molecule has 0 saturated heterocycles. The zero-order chi connectivity index (χ0) is 15.5. The minimum Gasteiger partial charge on any atom is -0.374 e. The van der Waals surface area contributed by atoms with Crippen LogP contribution in [-0.4, -0.2) is 21.9 Å². The van der Waals surface area contributed by atoms with E-state index in [4.69, 9.17) is 5.73 Å². The Morgan fingerprint density at radius 2 is 1.95 bits per heavy atom. The van der Waals surface area contributed by atoms with Gasteiger partial charge >= 0.3 is 0 Å². The van der Waals surface area contributed by atoms with Crippen LogP contribution in [-0.2, 0) is 10.2 Å². The molecule has 0 saturated carbocycles. The summed E-state index contributed by atoms with van der Waals surface area (Å²) < 4.78 is 0.700. The highest BCUT2D eigenvalue weighted by Crippen LogP contribution is 2.25. The number of nitrogens with one attached hydrogen (secondary N) is 1. The highest BCUT2D eigenvalue weighted by atomic mass is 32.2. The Hall–Kier alpha value is -1.60. The molecule has 3 N–H and O–H groups in total. The maximum Gasteiger partial charge on any atom is 0.234 e. The summed E-state index contributed by atoms with van der Waals surface area (Å²) in [6.07, 6.45) is 0. The van der Waals surface area contributed by atoms with Gasteiger partial charge in [-0.05, 0) is 23.1 Å². The molecule has 0 bridgehead atoms. The molecule has 2 rings (SSSR count). The smallest absolute Gasteiger partial charge is 0.234 e. The number of nitrogens with two attached hydrogens (primary N) is 1. The van der Waals surface area contributed by atoms with Crippen molar-refractivity contribution in [2.45, 2.75) is 30.5 Å². The fourth-order valence-corrected chi connectivity index (χ4v) is 3.09. The third-order valence-electron chi connectivity index (χ3n) is 2.78. The molecule has 5 nitrogen and oxygen atoms in total. The minimum absolute atomic E-state index is 0.0720. The number of nitrogens with zero attached hydrogens (tertiary/aromatic N) is 2. The average Bonchev–Trinajstić information content (AvgIpc) is 2.82. The van der Waals surface area contributed by atoms with Gasteiger partial charge in [0.1, 0.15) is 0 Å². The number of aromatic nitrogens is 2. The number of hydrogen-bond acceptors (Lipinski definition) is 6. The Labute approximate surface area is 132 Å². The lowest BCUT2D eigenvalue weighted by atomic mass is 9.87. The highest BCUT2D eigenvalue weighted by Gasteiger charge is 2.13. The molecule has 1 heterocycles. The van der Waals surface area contributed by atoms with Gasteiger partial charge in [-0.1, -0.05) is 56.0 Å². The fourth-order valence-electron chi connectivity index (χ4n) is 1.66. The van der Waals surface area contributed by atoms with E-state index in [2.05, 4.69) is 36.3 Å². The van der Waals surface area contributed by atoms with Gasteiger partial charge in [0.15, 0.2) is 4.34 Å². The standard InChI is InChI=1S/C14H18N4OS2/c1-14(2,3)9-4-6-10(7-5-9)16-11(19)8-20-13-18-17-12(15)21-13/h4-7H,8H2,1-3H3,(H2,15,17)(H,16,19). The van der Waals surface area contributed by atoms with Crippen LogP contribution in [0, 0.1) is 0 Å². The van der Waals surface area contributed by atoms with E-state index in [0.717, 1.165) is 5.69 Å². The van der Waals surface area contributed by atoms with Crippen molar-refractivity contribution in [3.8, 4) is 0 Å². The molecule has 0 aliphatic carbocycles. The van der Waals surface area contributed by atoms with Crippen molar-refractivity contribution >= 4 is 39.8 Å². The minimum atomic E-state index is -0.0720. The SMILES string of the molecule is CC(C)(C)c1ccc(NC(=O)CSc2nnc(N)s2)cc1. The highest BCUT2D eigenvalue weighted by molar-refractivity contribution is 8.01. The topological polar surface area (TPSA) is 80.9 Å². The Morgan fingerprint density at radius 3 is 2.48 bits per heavy atom. The summed E-state index contributed by atoms with van der Waals surface area (Å²) in [5.41, 5.74) is 7.63. The van der Waals surface area contributed by atoms with Crippen molar-refractivity contribution in [3.05, 3.63) is 29.8 Å². The van der Waals surface area contributed by atoms with Gasteiger partial charge in [0.05, 0.1) is 5.75 Å². The lowest BCUT2D eigenvalue weighted by molar-refractivity contribution is -0.113. The van der Waals surface area contributed by atoms with Crippen LogP contribution >= 0.6 is 23.1 Å². The molecule has 0 aliphatic rings. The van der Waals surface area contributed by atoms with E-state index in [1.165, 1.54) is 28.7 Å². The van der Waals surface area contributed by atoms with E-state index in [9.17, 15) is 4.79 Å². The summed E-state index contributed by atoms with van der Waals surface area (Å²) in [7, 11) is 0. The van der Waals surface area contributed by atoms with E-state index in [1.807, 2.05) is 24.3 Å². The second kappa shape index (κ2) is 6.44. The maximum absolute atomic E-state index is 11.9. The summed E-state index contributed by atoms with van der Waals surface area (Å²) in [5, 5.41) is 10.8. The second-order valence-electron chi connectivity index (χ2n) is 5.57. The van der Waals surface area contributed by atoms with Gasteiger partial charge in [0.25, 0.3) is 0 Å². The molecule has 21 heavy (non-hydrogen) atoms. The summed E-state index contributed by atoms with van der Waals surface area (Å²) in [5.74, 6) is 0.215. The van der Waals surface area contributed by atoms with Crippen molar-refractivity contribution in [2.75, 3.05) is 16.8 Å². The molecular weight excluding hydrogens is 304 g/mol. The molecule has 1 aromatic carbocycles. The quantitative estimate of drug-likeness (QED) is 0.845. The van der Waals surface area contributed by atoms with Gasteiger partial charge in [-0.2, -0.15) is 0 Å². The monoisotopic (exact) mass is 322 g/mol. The van der Waals surface area contributed by atoms with Gasteiger partial charge in [0, 0.05) is 5.69 Å². The van der Waals surface area contributed by atoms with Crippen molar-refractivity contribution in [1.29, 1.82) is 0 Å². The van der Waals surface area contributed by atoms with E-state index < -0.39 is 0 Å². The molecule has 0 aliphatic heterocycles. The van der Waals surface area contributed by atoms with Gasteiger partial charge in [-0.25, -0.2) is 0 Å². The largest absolute Gasteiger partial charge is 0.374 e. The van der Waals surface area contributed by atoms with Crippen molar-refractivity contribution < 1.29 is 4.79 Å². The number of benzene rings is 1. The van der Waals surface area contributed by atoms with Gasteiger partial charge < -0.3 is 11.1 Å². The molecule has 0 fully saturated rings. The Bertz CT molecular complexity index is 617. The molecular formula is C14H18N4OS2. The van der Waals surface area contributed by atoms with Crippen LogP contribution in [0.1, 0.15) is 26.3 Å². The molecule has 1 aromatic heterocycles. The van der Waals surface area contributed by atoms with Crippen molar-refractivity contribution in [3.63, 3.8) is 0 Å². The first-order chi connectivity index (χ1) is 9.84. The zero-order valence-corrected chi connectivity index (χ0v) is 13.8. The number of hydrogen-bond donors (Lipinski definition) is 2. The first-order valence-corrected chi connectivity index (χ1v) is 8.27. The van der Waals surface area contributed by atoms with Crippen LogP contribution in [0.3, 0.4) is 0 Å². The van der Waals surface area contributed by atoms with Crippen molar-refractivity contribution in [1.82, 2.24) is 10.2 Å². The van der Waals surface area contributed by atoms with Crippen LogP contribution in [0.25, 0.3) is 0 Å². The normalized spacial score (nSPS) is 11.4. The molecule has 0 radical (unpaired) electrons. The lowest BCUT2D eigenvalue weighted by Crippen LogP contribution is -2.15. The van der Waals surface area contributed by atoms with Crippen molar-refractivity contribution in [2.24, 2.45) is 0 Å². The Morgan fingerprint density at radius 1 is 1.29 bits per heavy atom. The van der Waals surface area contributed by atoms with Crippen LogP contribution in [0.2, 0.25) is 0 Å². The number of carbonyl (C=O) groups is 1. The van der Waals surface area contributed by atoms with Crippen LogP contribution < -0.4 is 11.1 Å². The molecule has 0 unspecified atom stereocenters. The predicted octanol–water partition coefficient (Wildman–Crippen LogP) is 3.15. The number of nitrogen functional groups attached to an aromatic ring is 1. The molecule has 7 heteroatoms. The Kier molecular flexibility index (Phi) is 4.84. The lowest BCUT2D eigenvalue weighted by Gasteiger charge is -2.19. The second-order valence-corrected chi connectivity index (χ2v) is 7.80. The van der Waals surface area contributed by atoms with E-state index in [0.29, 0.717) is 9.47 Å². The van der Waals surface area contributed by atoms with E-state index in [1.54, 1.807) is 0 Å². The first kappa shape index (κ1) is 15.8. The van der Waals surface area contributed by atoms with E-state index >= 15 is 0 Å². The first-order valence-electron chi connectivity index (χ1n) is 6.47. The number of carbonyl (C=O) groups excluding carboxylic acids is 1. The van der Waals surface area contributed by atoms with Gasteiger partial charge in [0.2, 0.25) is 11.0 Å². The molecule has 112 valence electrons. The third kappa shape index (κ3) is 4.71. The molecule has 0 spiro atoms. The molecule has 1 amide bonds. The maximum atomic E-state index is 11.9. The predicted molar refractivity (Wildman–Crippen MR) is 88.8 cm³/mol. The van der Waals surface area contributed by atoms with Crippen LogP contribution in [0.15, 0.2) is 28.6 Å². The van der Waals surface area contributed by atoms with Crippen LogP contribution in [0.5, 0.6) is 0 Å². The van der Waals surface area contributed by atoms with Gasteiger partial charge in [-0.3, -0.25) is 4.79 Å². The summed E-state index contributed by atoms with van der Waals surface area (Å²) >= 11 is 2.61. The zero-order valence-electron chi connectivity index (χ0n) is 12.2. The fraction of sp³-hybridized carbons (Fsp3) is 0.357. The molecule has 0 atom stereocenters. The third-order valence-corrected chi connectivity index (χ3v) is 4.67. The Balaban J connectivity index is 1.88. The average molecular weight is 322 g/mol. The molecule has 2 aromatic rings. The number of anilines is 2. The summed E-state index contributed by atoms with van der Waals surface area (Å²) in [6.45, 7) is 6.47. The van der Waals surface area contributed by atoms with E-state index in [-0.39, 0.29) is 17.1 Å². The number of amides is 1. The van der Waals surface area contributed by atoms with Gasteiger partial charge in [-0.15, -0.1) is 10.2 Å². The number of rotatable bonds is 4. The summed E-state index contributed by atoms with van der Waals surface area (Å²) in [6, 6.07) is 7.92. The summed E-state index contributed by atoms with van der Waals surface area (Å²) in [4.78, 5) is 11.9. The number of thioether (sulfide) groups is 1. The van der Waals surface area contributed by atoms with Crippen LogP contribution in [0.4, 0.5) is 10.8 Å².